The number of nitrogens with one attached hydrogen (secondary N) is 1. The molecular formula is C19H18ClNO2S. The summed E-state index contributed by atoms with van der Waals surface area (Å²) in [6.45, 7) is 4.06. The van der Waals surface area contributed by atoms with Crippen molar-refractivity contribution in [3.8, 4) is 5.75 Å². The molecule has 24 heavy (non-hydrogen) atoms. The summed E-state index contributed by atoms with van der Waals surface area (Å²) in [5.41, 5.74) is 3.03. The molecule has 0 saturated carbocycles. The Morgan fingerprint density at radius 1 is 1.29 bits per heavy atom. The molecule has 1 N–H and O–H groups in total. The molecule has 0 unspecified atom stereocenters. The second-order valence-corrected chi connectivity index (χ2v) is 6.95. The Kier molecular flexibility index (Phi) is 4.78. The molecule has 3 nitrogen and oxygen atoms in total. The Morgan fingerprint density at radius 3 is 2.79 bits per heavy atom. The van der Waals surface area contributed by atoms with E-state index in [9.17, 15) is 4.79 Å². The molecule has 124 valence electrons. The highest BCUT2D eigenvalue weighted by atomic mass is 35.5. The van der Waals surface area contributed by atoms with Crippen LogP contribution in [0.15, 0.2) is 36.4 Å². The van der Waals surface area contributed by atoms with Crippen molar-refractivity contribution in [2.75, 3.05) is 12.4 Å². The van der Waals surface area contributed by atoms with E-state index >= 15 is 0 Å². The molecular weight excluding hydrogens is 342 g/mol. The summed E-state index contributed by atoms with van der Waals surface area (Å²) in [4.78, 5) is 13.3. The summed E-state index contributed by atoms with van der Waals surface area (Å²) in [5, 5.41) is 4.39. The third kappa shape index (κ3) is 2.99. The number of ether oxygens (including phenoxy) is 1. The average Bonchev–Trinajstić information content (AvgIpc) is 2.92. The van der Waals surface area contributed by atoms with Crippen molar-refractivity contribution in [2.24, 2.45) is 0 Å². The van der Waals surface area contributed by atoms with E-state index in [4.69, 9.17) is 16.3 Å². The number of hydrogen-bond donors (Lipinski definition) is 1. The third-order valence-electron chi connectivity index (χ3n) is 4.02. The van der Waals surface area contributed by atoms with Crippen molar-refractivity contribution in [3.05, 3.63) is 57.4 Å². The van der Waals surface area contributed by atoms with E-state index in [0.29, 0.717) is 9.90 Å². The Hall–Kier alpha value is -2.04. The first-order valence-corrected chi connectivity index (χ1v) is 8.90. The Labute approximate surface area is 150 Å². The van der Waals surface area contributed by atoms with Gasteiger partial charge in [0.25, 0.3) is 5.91 Å². The fourth-order valence-corrected chi connectivity index (χ4v) is 4.13. The lowest BCUT2D eigenvalue weighted by atomic mass is 10.1. The Balaban J connectivity index is 1.99. The second kappa shape index (κ2) is 6.83. The van der Waals surface area contributed by atoms with E-state index in [1.807, 2.05) is 43.3 Å². The van der Waals surface area contributed by atoms with Crippen molar-refractivity contribution in [1.82, 2.24) is 0 Å². The van der Waals surface area contributed by atoms with Crippen LogP contribution in [0.4, 0.5) is 5.69 Å². The molecule has 0 spiro atoms. The van der Waals surface area contributed by atoms with Gasteiger partial charge in [0, 0.05) is 15.8 Å². The van der Waals surface area contributed by atoms with Crippen LogP contribution in [0.2, 0.25) is 5.02 Å². The van der Waals surface area contributed by atoms with Crippen LogP contribution in [0.1, 0.15) is 27.7 Å². The minimum atomic E-state index is -0.177. The van der Waals surface area contributed by atoms with Gasteiger partial charge in [-0.15, -0.1) is 11.3 Å². The minimum Gasteiger partial charge on any atom is -0.497 e. The number of fused-ring (bicyclic) bond motifs is 1. The molecule has 5 heteroatoms. The maximum Gasteiger partial charge on any atom is 0.267 e. The van der Waals surface area contributed by atoms with Crippen molar-refractivity contribution in [3.63, 3.8) is 0 Å². The van der Waals surface area contributed by atoms with Gasteiger partial charge in [-0.2, -0.15) is 0 Å². The van der Waals surface area contributed by atoms with E-state index < -0.39 is 0 Å². The summed E-state index contributed by atoms with van der Waals surface area (Å²) in [5.74, 6) is 0.573. The van der Waals surface area contributed by atoms with Gasteiger partial charge in [0.05, 0.1) is 12.1 Å². The lowest BCUT2D eigenvalue weighted by Crippen LogP contribution is -2.13. The number of aryl methyl sites for hydroxylation is 2. The van der Waals surface area contributed by atoms with Crippen LogP contribution in [0.3, 0.4) is 0 Å². The van der Waals surface area contributed by atoms with E-state index in [-0.39, 0.29) is 5.91 Å². The Bertz CT molecular complexity index is 917. The van der Waals surface area contributed by atoms with Gasteiger partial charge in [0.2, 0.25) is 0 Å². The lowest BCUT2D eigenvalue weighted by Gasteiger charge is -2.12. The number of thiophene rings is 1. The first-order valence-electron chi connectivity index (χ1n) is 7.71. The van der Waals surface area contributed by atoms with E-state index in [2.05, 4.69) is 12.2 Å². The molecule has 0 radical (unpaired) electrons. The second-order valence-electron chi connectivity index (χ2n) is 5.52. The summed E-state index contributed by atoms with van der Waals surface area (Å²) >= 11 is 7.81. The van der Waals surface area contributed by atoms with Crippen LogP contribution in [0.25, 0.3) is 10.1 Å². The minimum absolute atomic E-state index is 0.177. The van der Waals surface area contributed by atoms with Gasteiger partial charge in [-0.05, 0) is 42.7 Å². The number of halogens is 1. The van der Waals surface area contributed by atoms with Gasteiger partial charge in [-0.1, -0.05) is 36.7 Å². The number of benzene rings is 2. The molecule has 1 aromatic heterocycles. The van der Waals surface area contributed by atoms with E-state index in [0.717, 1.165) is 39.1 Å². The molecule has 2 aromatic carbocycles. The van der Waals surface area contributed by atoms with Gasteiger partial charge in [-0.25, -0.2) is 0 Å². The normalized spacial score (nSPS) is 10.8. The highest BCUT2D eigenvalue weighted by Crippen LogP contribution is 2.37. The average molecular weight is 360 g/mol. The standard InChI is InChI=1S/C19H18ClNO2S/c1-4-12-7-5-6-11(2)17(12)21-19(22)18-16(20)14-9-8-13(23-3)10-15(14)24-18/h5-10H,4H2,1-3H3,(H,21,22). The van der Waals surface area contributed by atoms with Gasteiger partial charge in [0.1, 0.15) is 10.6 Å². The zero-order chi connectivity index (χ0) is 17.3. The van der Waals surface area contributed by atoms with E-state index in [1.54, 1.807) is 7.11 Å². The first-order chi connectivity index (χ1) is 11.5. The van der Waals surface area contributed by atoms with Gasteiger partial charge >= 0.3 is 0 Å². The quantitative estimate of drug-likeness (QED) is 0.650. The van der Waals surface area contributed by atoms with Crippen molar-refractivity contribution >= 4 is 44.6 Å². The number of hydrogen-bond acceptors (Lipinski definition) is 3. The maximum absolute atomic E-state index is 12.8. The lowest BCUT2D eigenvalue weighted by molar-refractivity contribution is 0.103. The highest BCUT2D eigenvalue weighted by Gasteiger charge is 2.19. The number of carbonyl (C=O) groups is 1. The molecule has 3 rings (SSSR count). The Morgan fingerprint density at radius 2 is 2.08 bits per heavy atom. The van der Waals surface area contributed by atoms with Gasteiger partial charge < -0.3 is 10.1 Å². The molecule has 0 aliphatic rings. The number of para-hydroxylation sites is 1. The van der Waals surface area contributed by atoms with Crippen LogP contribution < -0.4 is 10.1 Å². The fraction of sp³-hybridized carbons (Fsp3) is 0.211. The molecule has 0 aliphatic carbocycles. The van der Waals surface area contributed by atoms with Crippen LogP contribution >= 0.6 is 22.9 Å². The first kappa shape index (κ1) is 16.8. The fourth-order valence-electron chi connectivity index (χ4n) is 2.69. The molecule has 0 saturated heterocycles. The molecule has 3 aromatic rings. The molecule has 0 bridgehead atoms. The van der Waals surface area contributed by atoms with Crippen LogP contribution in [-0.2, 0) is 6.42 Å². The van der Waals surface area contributed by atoms with Crippen LogP contribution in [-0.4, -0.2) is 13.0 Å². The number of rotatable bonds is 4. The van der Waals surface area contributed by atoms with Crippen LogP contribution in [0.5, 0.6) is 5.75 Å². The number of amides is 1. The highest BCUT2D eigenvalue weighted by molar-refractivity contribution is 7.21. The number of carbonyl (C=O) groups excluding carboxylic acids is 1. The smallest absolute Gasteiger partial charge is 0.267 e. The molecule has 0 atom stereocenters. The zero-order valence-electron chi connectivity index (χ0n) is 13.8. The number of methoxy groups -OCH3 is 1. The van der Waals surface area contributed by atoms with Crippen LogP contribution in [0, 0.1) is 6.92 Å². The maximum atomic E-state index is 12.8. The summed E-state index contributed by atoms with van der Waals surface area (Å²) < 4.78 is 6.17. The van der Waals surface area contributed by atoms with Crippen molar-refractivity contribution in [2.45, 2.75) is 20.3 Å². The molecule has 1 amide bonds. The predicted molar refractivity (Wildman–Crippen MR) is 102 cm³/mol. The van der Waals surface area contributed by atoms with E-state index in [1.165, 1.54) is 11.3 Å². The zero-order valence-corrected chi connectivity index (χ0v) is 15.3. The van der Waals surface area contributed by atoms with Gasteiger partial charge in [0.15, 0.2) is 0 Å². The topological polar surface area (TPSA) is 38.3 Å². The molecule has 0 fully saturated rings. The van der Waals surface area contributed by atoms with Crippen molar-refractivity contribution < 1.29 is 9.53 Å². The molecule has 0 aliphatic heterocycles. The summed E-state index contributed by atoms with van der Waals surface area (Å²) in [6.07, 6.45) is 0.856. The summed E-state index contributed by atoms with van der Waals surface area (Å²) in [7, 11) is 1.62. The predicted octanol–water partition coefficient (Wildman–Crippen LogP) is 5.69. The van der Waals surface area contributed by atoms with Crippen molar-refractivity contribution in [1.29, 1.82) is 0 Å². The number of anilines is 1. The third-order valence-corrected chi connectivity index (χ3v) is 5.68. The van der Waals surface area contributed by atoms with Gasteiger partial charge in [-0.3, -0.25) is 4.79 Å². The SMILES string of the molecule is CCc1cccc(C)c1NC(=O)c1sc2cc(OC)ccc2c1Cl. The summed E-state index contributed by atoms with van der Waals surface area (Å²) in [6, 6.07) is 11.6. The largest absolute Gasteiger partial charge is 0.497 e. The molecule has 1 heterocycles. The monoisotopic (exact) mass is 359 g/mol.